The first-order valence-corrected chi connectivity index (χ1v) is 16.7. The van der Waals surface area contributed by atoms with Gasteiger partial charge in [-0.1, -0.05) is 72.8 Å². The Hall–Kier alpha value is -5.84. The van der Waals surface area contributed by atoms with Crippen molar-refractivity contribution in [3.8, 4) is 22.5 Å². The maximum atomic E-state index is 14.9. The quantitative estimate of drug-likeness (QED) is 0.181. The zero-order valence-corrected chi connectivity index (χ0v) is 25.3. The highest BCUT2D eigenvalue weighted by Gasteiger charge is 2.31. The third kappa shape index (κ3) is 4.19. The van der Waals surface area contributed by atoms with Gasteiger partial charge in [0.25, 0.3) is 0 Å². The first-order chi connectivity index (χ1) is 22.6. The molecule has 4 aromatic heterocycles. The number of hydrogen-bond donors (Lipinski definition) is 0. The molecule has 0 aliphatic carbocycles. The van der Waals surface area contributed by atoms with Crippen LogP contribution in [0.1, 0.15) is 0 Å². The Kier molecular flexibility index (Phi) is 5.99. The fraction of sp³-hybridized carbons (Fsp3) is 0. The fourth-order valence-electron chi connectivity index (χ4n) is 6.24. The molecule has 0 atom stereocenters. The van der Waals surface area contributed by atoms with Gasteiger partial charge in [0.05, 0.1) is 0 Å². The number of nitrogens with zero attached hydrogens (tertiary/aromatic N) is 3. The molecule has 0 radical (unpaired) electrons. The third-order valence-electron chi connectivity index (χ3n) is 8.51. The highest BCUT2D eigenvalue weighted by molar-refractivity contribution is 7.85. The van der Waals surface area contributed by atoms with E-state index in [4.69, 9.17) is 13.8 Å². The summed E-state index contributed by atoms with van der Waals surface area (Å²) in [7, 11) is -3.25. The molecule has 0 amide bonds. The summed E-state index contributed by atoms with van der Waals surface area (Å²) in [6.07, 6.45) is 3.43. The molecule has 6 nitrogen and oxygen atoms in total. The van der Waals surface area contributed by atoms with Crippen LogP contribution in [0.5, 0.6) is 0 Å². The monoisotopic (exact) mass is 613 g/mol. The second-order valence-corrected chi connectivity index (χ2v) is 13.9. The summed E-state index contributed by atoms with van der Waals surface area (Å²) < 4.78 is 27.1. The number of furan rings is 2. The number of hydrogen-bond acceptors (Lipinski definition) is 6. The van der Waals surface area contributed by atoms with E-state index in [-0.39, 0.29) is 0 Å². The minimum Gasteiger partial charge on any atom is -0.456 e. The zero-order chi connectivity index (χ0) is 30.7. The topological polar surface area (TPSA) is 82.0 Å². The van der Waals surface area contributed by atoms with E-state index >= 15 is 0 Å². The number of fused-ring (bicyclic) bond motifs is 6. The van der Waals surface area contributed by atoms with Gasteiger partial charge in [-0.2, -0.15) is 0 Å². The van der Waals surface area contributed by atoms with Crippen molar-refractivity contribution in [1.29, 1.82) is 0 Å². The summed E-state index contributed by atoms with van der Waals surface area (Å²) in [6, 6.07) is 43.2. The van der Waals surface area contributed by atoms with Crippen LogP contribution in [0.15, 0.2) is 155 Å². The molecule has 0 spiro atoms. The third-order valence-corrected chi connectivity index (χ3v) is 11.5. The minimum absolute atomic E-state index is 0.492. The predicted molar refractivity (Wildman–Crippen MR) is 185 cm³/mol. The Balaban J connectivity index is 1.16. The molecule has 0 N–H and O–H groups in total. The lowest BCUT2D eigenvalue weighted by Gasteiger charge is -2.19. The van der Waals surface area contributed by atoms with Crippen molar-refractivity contribution in [3.05, 3.63) is 146 Å². The van der Waals surface area contributed by atoms with E-state index in [1.54, 1.807) is 18.5 Å². The second kappa shape index (κ2) is 10.4. The summed E-state index contributed by atoms with van der Waals surface area (Å²) in [5, 5.41) is 5.42. The van der Waals surface area contributed by atoms with Gasteiger partial charge in [0.15, 0.2) is 13.0 Å². The summed E-state index contributed by atoms with van der Waals surface area (Å²) in [4.78, 5) is 13.9. The molecule has 9 rings (SSSR count). The number of pyridine rings is 1. The van der Waals surface area contributed by atoms with Crippen molar-refractivity contribution in [2.75, 3.05) is 0 Å². The second-order valence-electron chi connectivity index (χ2n) is 11.2. The van der Waals surface area contributed by atoms with Gasteiger partial charge in [-0.3, -0.25) is 0 Å². The van der Waals surface area contributed by atoms with Crippen LogP contribution in [0.25, 0.3) is 66.5 Å². The molecule has 0 aliphatic rings. The van der Waals surface area contributed by atoms with Gasteiger partial charge in [0, 0.05) is 50.1 Å². The van der Waals surface area contributed by atoms with Crippen molar-refractivity contribution >= 4 is 67.2 Å². The van der Waals surface area contributed by atoms with Crippen LogP contribution in [-0.2, 0) is 4.57 Å². The lowest BCUT2D eigenvalue weighted by molar-refractivity contribution is 0.592. The molecular weight excluding hydrogens is 589 g/mol. The molecular formula is C39H24N3O3P. The molecule has 0 unspecified atom stereocenters. The Labute approximate surface area is 263 Å². The maximum absolute atomic E-state index is 14.9. The van der Waals surface area contributed by atoms with Gasteiger partial charge in [-0.05, 0) is 71.8 Å². The van der Waals surface area contributed by atoms with Crippen LogP contribution in [-0.4, -0.2) is 15.0 Å². The highest BCUT2D eigenvalue weighted by atomic mass is 31.2. The average molecular weight is 614 g/mol. The molecule has 0 saturated heterocycles. The predicted octanol–water partition coefficient (Wildman–Crippen LogP) is 8.64. The van der Waals surface area contributed by atoms with E-state index in [9.17, 15) is 4.57 Å². The Morgan fingerprint density at radius 2 is 1.04 bits per heavy atom. The normalized spacial score (nSPS) is 12.0. The van der Waals surface area contributed by atoms with Gasteiger partial charge in [-0.25, -0.2) is 15.0 Å². The Bertz CT molecular complexity index is 2580. The van der Waals surface area contributed by atoms with Gasteiger partial charge >= 0.3 is 0 Å². The Morgan fingerprint density at radius 3 is 1.70 bits per heavy atom. The summed E-state index contributed by atoms with van der Waals surface area (Å²) in [5.41, 5.74) is 6.44. The molecule has 9 aromatic rings. The molecule has 0 fully saturated rings. The summed E-state index contributed by atoms with van der Waals surface area (Å²) in [6.45, 7) is 0. The molecule has 218 valence electrons. The van der Waals surface area contributed by atoms with Crippen molar-refractivity contribution in [2.24, 2.45) is 0 Å². The molecule has 0 aliphatic heterocycles. The largest absolute Gasteiger partial charge is 0.456 e. The summed E-state index contributed by atoms with van der Waals surface area (Å²) in [5.74, 6) is 0.503. The first kappa shape index (κ1) is 26.6. The molecule has 7 heteroatoms. The van der Waals surface area contributed by atoms with Gasteiger partial charge in [0.2, 0.25) is 5.71 Å². The van der Waals surface area contributed by atoms with Crippen molar-refractivity contribution in [1.82, 2.24) is 15.0 Å². The Morgan fingerprint density at radius 1 is 0.478 bits per heavy atom. The number of aromatic nitrogens is 3. The lowest BCUT2D eigenvalue weighted by Crippen LogP contribution is -2.27. The van der Waals surface area contributed by atoms with E-state index in [1.807, 2.05) is 97.1 Å². The number of rotatable bonds is 5. The molecule has 0 bridgehead atoms. The average Bonchev–Trinajstić information content (AvgIpc) is 3.69. The lowest BCUT2D eigenvalue weighted by atomic mass is 10.0. The van der Waals surface area contributed by atoms with Gasteiger partial charge < -0.3 is 13.4 Å². The van der Waals surface area contributed by atoms with Gasteiger partial charge in [-0.15, -0.1) is 0 Å². The smallest absolute Gasteiger partial charge is 0.227 e. The van der Waals surface area contributed by atoms with Crippen LogP contribution >= 0.6 is 7.14 Å². The SMILES string of the molecule is O=P(c1ccccc1)(c1ccccc1)c1ccnc(-c2ccc3oc4ccc(-c5ccc6oc7ncccc7c6c5)cc4c3c2)n1. The van der Waals surface area contributed by atoms with Crippen LogP contribution in [0.3, 0.4) is 0 Å². The van der Waals surface area contributed by atoms with Crippen molar-refractivity contribution in [2.45, 2.75) is 0 Å². The van der Waals surface area contributed by atoms with Crippen molar-refractivity contribution in [3.63, 3.8) is 0 Å². The zero-order valence-electron chi connectivity index (χ0n) is 24.4. The highest BCUT2D eigenvalue weighted by Crippen LogP contribution is 2.42. The molecule has 5 aromatic carbocycles. The van der Waals surface area contributed by atoms with Crippen LogP contribution in [0.4, 0.5) is 0 Å². The van der Waals surface area contributed by atoms with E-state index in [0.29, 0.717) is 17.0 Å². The molecule has 4 heterocycles. The van der Waals surface area contributed by atoms with E-state index in [1.165, 1.54) is 0 Å². The van der Waals surface area contributed by atoms with Crippen LogP contribution < -0.4 is 16.0 Å². The van der Waals surface area contributed by atoms with E-state index < -0.39 is 7.14 Å². The van der Waals surface area contributed by atoms with Crippen molar-refractivity contribution < 1.29 is 13.4 Å². The van der Waals surface area contributed by atoms with Crippen LogP contribution in [0.2, 0.25) is 0 Å². The minimum atomic E-state index is -3.25. The van der Waals surface area contributed by atoms with E-state index in [0.717, 1.165) is 65.6 Å². The fourth-order valence-corrected chi connectivity index (χ4v) is 8.76. The number of benzene rings is 5. The van der Waals surface area contributed by atoms with Crippen LogP contribution in [0, 0.1) is 0 Å². The maximum Gasteiger partial charge on any atom is 0.227 e. The van der Waals surface area contributed by atoms with E-state index in [2.05, 4.69) is 40.3 Å². The molecule has 46 heavy (non-hydrogen) atoms. The standard InChI is InChI=1S/C39H24N3O3P/c43-46(28-8-3-1-4-9-28,29-10-5-2-6-11-29)37-19-21-40-38(42-37)27-15-18-35-33(24-27)32-23-26(13-16-34(32)44-35)25-14-17-36-31(22-25)30-12-7-20-41-39(30)45-36/h1-24H. The first-order valence-electron chi connectivity index (χ1n) is 14.9. The molecule has 0 saturated carbocycles. The van der Waals surface area contributed by atoms with Gasteiger partial charge in [0.1, 0.15) is 22.2 Å². The summed E-state index contributed by atoms with van der Waals surface area (Å²) >= 11 is 0.